The Morgan fingerprint density at radius 3 is 2.60 bits per heavy atom. The van der Waals surface area contributed by atoms with E-state index < -0.39 is 0 Å². The first kappa shape index (κ1) is 12.9. The van der Waals surface area contributed by atoms with E-state index in [1.165, 1.54) is 25.9 Å². The molecule has 3 N–H and O–H groups in total. The molecule has 0 spiro atoms. The van der Waals surface area contributed by atoms with Crippen molar-refractivity contribution in [3.63, 3.8) is 0 Å². The van der Waals surface area contributed by atoms with Crippen molar-refractivity contribution in [1.29, 1.82) is 0 Å². The average molecular weight is 213 g/mol. The highest BCUT2D eigenvalue weighted by molar-refractivity contribution is 4.80. The molecule has 0 bridgehead atoms. The van der Waals surface area contributed by atoms with Crippen LogP contribution in [-0.2, 0) is 0 Å². The van der Waals surface area contributed by atoms with E-state index in [0.29, 0.717) is 6.04 Å². The molecule has 1 aliphatic heterocycles. The van der Waals surface area contributed by atoms with Crippen LogP contribution in [-0.4, -0.2) is 43.2 Å². The minimum atomic E-state index is 0.618. The third-order valence-electron chi connectivity index (χ3n) is 3.35. The molecule has 0 saturated carbocycles. The minimum Gasteiger partial charge on any atom is -0.329 e. The van der Waals surface area contributed by atoms with Gasteiger partial charge in [-0.3, -0.25) is 4.90 Å². The van der Waals surface area contributed by atoms with Crippen molar-refractivity contribution in [2.45, 2.75) is 45.7 Å². The Balaban J connectivity index is 2.21. The molecule has 1 fully saturated rings. The van der Waals surface area contributed by atoms with Gasteiger partial charge in [-0.2, -0.15) is 0 Å². The summed E-state index contributed by atoms with van der Waals surface area (Å²) in [6.45, 7) is 11.0. The molecule has 1 heterocycles. The van der Waals surface area contributed by atoms with Crippen molar-refractivity contribution < 1.29 is 0 Å². The number of nitrogens with two attached hydrogens (primary N) is 1. The van der Waals surface area contributed by atoms with E-state index in [1.807, 2.05) is 0 Å². The highest BCUT2D eigenvalue weighted by Gasteiger charge is 2.21. The molecule has 3 heteroatoms. The van der Waals surface area contributed by atoms with E-state index in [-0.39, 0.29) is 0 Å². The van der Waals surface area contributed by atoms with Crippen LogP contribution in [0.5, 0.6) is 0 Å². The summed E-state index contributed by atoms with van der Waals surface area (Å²) in [5, 5.41) is 3.58. The standard InChI is InChI=1S/C12H27N3/c1-10(2)15(7-5-13)6-4-12-8-11(3)9-14-12/h10-12,14H,4-9,13H2,1-3H3. The molecule has 90 valence electrons. The molecule has 2 atom stereocenters. The fraction of sp³-hybridized carbons (Fsp3) is 1.00. The minimum absolute atomic E-state index is 0.618. The third kappa shape index (κ3) is 4.49. The first-order valence-corrected chi connectivity index (χ1v) is 6.31. The normalized spacial score (nSPS) is 26.8. The first-order valence-electron chi connectivity index (χ1n) is 6.31. The Hall–Kier alpha value is -0.120. The molecule has 0 amide bonds. The van der Waals surface area contributed by atoms with Crippen LogP contribution in [0.4, 0.5) is 0 Å². The molecule has 0 aromatic carbocycles. The van der Waals surface area contributed by atoms with Gasteiger partial charge in [0.2, 0.25) is 0 Å². The maximum Gasteiger partial charge on any atom is 0.0107 e. The van der Waals surface area contributed by atoms with Gasteiger partial charge in [0.15, 0.2) is 0 Å². The summed E-state index contributed by atoms with van der Waals surface area (Å²) < 4.78 is 0. The summed E-state index contributed by atoms with van der Waals surface area (Å²) in [5.74, 6) is 0.858. The maximum absolute atomic E-state index is 5.62. The second-order valence-corrected chi connectivity index (χ2v) is 5.15. The fourth-order valence-corrected chi connectivity index (χ4v) is 2.36. The van der Waals surface area contributed by atoms with Gasteiger partial charge in [0.25, 0.3) is 0 Å². The van der Waals surface area contributed by atoms with Crippen LogP contribution in [0.25, 0.3) is 0 Å². The van der Waals surface area contributed by atoms with Gasteiger partial charge in [-0.05, 0) is 45.7 Å². The molecule has 15 heavy (non-hydrogen) atoms. The maximum atomic E-state index is 5.62. The van der Waals surface area contributed by atoms with E-state index in [0.717, 1.165) is 25.0 Å². The van der Waals surface area contributed by atoms with Gasteiger partial charge in [-0.25, -0.2) is 0 Å². The molecular formula is C12H27N3. The van der Waals surface area contributed by atoms with Crippen LogP contribution >= 0.6 is 0 Å². The Labute approximate surface area is 94.4 Å². The summed E-state index contributed by atoms with van der Waals surface area (Å²) in [7, 11) is 0. The van der Waals surface area contributed by atoms with Crippen LogP contribution in [0.2, 0.25) is 0 Å². The SMILES string of the molecule is CC1CNC(CCN(CCN)C(C)C)C1. The lowest BCUT2D eigenvalue weighted by molar-refractivity contribution is 0.217. The lowest BCUT2D eigenvalue weighted by Crippen LogP contribution is -2.38. The predicted molar refractivity (Wildman–Crippen MR) is 66.0 cm³/mol. The van der Waals surface area contributed by atoms with E-state index in [9.17, 15) is 0 Å². The fourth-order valence-electron chi connectivity index (χ4n) is 2.36. The van der Waals surface area contributed by atoms with Crippen molar-refractivity contribution >= 4 is 0 Å². The van der Waals surface area contributed by atoms with Crippen molar-refractivity contribution in [3.8, 4) is 0 Å². The predicted octanol–water partition coefficient (Wildman–Crippen LogP) is 1.04. The molecular weight excluding hydrogens is 186 g/mol. The molecule has 3 nitrogen and oxygen atoms in total. The molecule has 0 aromatic rings. The smallest absolute Gasteiger partial charge is 0.0107 e. The van der Waals surface area contributed by atoms with Gasteiger partial charge in [-0.1, -0.05) is 6.92 Å². The Bertz CT molecular complexity index is 170. The monoisotopic (exact) mass is 213 g/mol. The number of nitrogens with zero attached hydrogens (tertiary/aromatic N) is 1. The molecule has 1 saturated heterocycles. The second-order valence-electron chi connectivity index (χ2n) is 5.15. The van der Waals surface area contributed by atoms with E-state index >= 15 is 0 Å². The van der Waals surface area contributed by atoms with Crippen molar-refractivity contribution in [2.75, 3.05) is 26.2 Å². The van der Waals surface area contributed by atoms with Gasteiger partial charge in [0.1, 0.15) is 0 Å². The van der Waals surface area contributed by atoms with Crippen LogP contribution in [0, 0.1) is 5.92 Å². The zero-order valence-corrected chi connectivity index (χ0v) is 10.5. The molecule has 0 radical (unpaired) electrons. The van der Waals surface area contributed by atoms with E-state index in [1.54, 1.807) is 0 Å². The number of rotatable bonds is 6. The van der Waals surface area contributed by atoms with Gasteiger partial charge in [0.05, 0.1) is 0 Å². The zero-order chi connectivity index (χ0) is 11.3. The first-order chi connectivity index (χ1) is 7.13. The Morgan fingerprint density at radius 1 is 1.40 bits per heavy atom. The summed E-state index contributed by atoms with van der Waals surface area (Å²) in [6, 6.07) is 1.35. The largest absolute Gasteiger partial charge is 0.329 e. The molecule has 1 aliphatic rings. The van der Waals surface area contributed by atoms with E-state index in [2.05, 4.69) is 31.0 Å². The Kier molecular flexibility index (Phi) is 5.58. The lowest BCUT2D eigenvalue weighted by Gasteiger charge is -2.27. The topological polar surface area (TPSA) is 41.3 Å². The third-order valence-corrected chi connectivity index (χ3v) is 3.35. The summed E-state index contributed by atoms with van der Waals surface area (Å²) in [4.78, 5) is 2.48. The van der Waals surface area contributed by atoms with Gasteiger partial charge in [-0.15, -0.1) is 0 Å². The average Bonchev–Trinajstić information content (AvgIpc) is 2.58. The molecule has 2 unspecified atom stereocenters. The summed E-state index contributed by atoms with van der Waals surface area (Å²) in [5.41, 5.74) is 5.62. The second kappa shape index (κ2) is 6.46. The van der Waals surface area contributed by atoms with Crippen LogP contribution in [0.15, 0.2) is 0 Å². The Morgan fingerprint density at radius 2 is 2.13 bits per heavy atom. The molecule has 0 aromatic heterocycles. The summed E-state index contributed by atoms with van der Waals surface area (Å²) in [6.07, 6.45) is 2.61. The van der Waals surface area contributed by atoms with Gasteiger partial charge >= 0.3 is 0 Å². The van der Waals surface area contributed by atoms with Crippen LogP contribution in [0.1, 0.15) is 33.6 Å². The van der Waals surface area contributed by atoms with Crippen molar-refractivity contribution in [1.82, 2.24) is 10.2 Å². The van der Waals surface area contributed by atoms with Crippen molar-refractivity contribution in [2.24, 2.45) is 11.7 Å². The number of hydrogen-bond donors (Lipinski definition) is 2. The van der Waals surface area contributed by atoms with Crippen LogP contribution < -0.4 is 11.1 Å². The van der Waals surface area contributed by atoms with Crippen molar-refractivity contribution in [3.05, 3.63) is 0 Å². The number of nitrogens with one attached hydrogen (secondary N) is 1. The summed E-state index contributed by atoms with van der Waals surface area (Å²) >= 11 is 0. The van der Waals surface area contributed by atoms with Crippen LogP contribution in [0.3, 0.4) is 0 Å². The molecule has 1 rings (SSSR count). The van der Waals surface area contributed by atoms with Gasteiger partial charge in [0, 0.05) is 25.2 Å². The zero-order valence-electron chi connectivity index (χ0n) is 10.5. The lowest BCUT2D eigenvalue weighted by atomic mass is 10.1. The quantitative estimate of drug-likeness (QED) is 0.693. The molecule has 0 aliphatic carbocycles. The van der Waals surface area contributed by atoms with E-state index in [4.69, 9.17) is 5.73 Å². The van der Waals surface area contributed by atoms with Gasteiger partial charge < -0.3 is 11.1 Å². The highest BCUT2D eigenvalue weighted by Crippen LogP contribution is 2.16. The highest BCUT2D eigenvalue weighted by atomic mass is 15.2. The number of hydrogen-bond acceptors (Lipinski definition) is 3.